The van der Waals surface area contributed by atoms with Gasteiger partial charge in [-0.25, -0.2) is 4.79 Å². The van der Waals surface area contributed by atoms with Crippen molar-refractivity contribution in [2.24, 2.45) is 0 Å². The second-order valence-corrected chi connectivity index (χ2v) is 5.77. The number of benzene rings is 2. The molecule has 0 aliphatic rings. The molecule has 0 radical (unpaired) electrons. The standard InChI is InChI=1S/C19H23NO4/c1-2-3-6-12-20(17(13-21)19(23)24)18(22)16-11-7-9-14-8-4-5-10-15(14)16/h4-5,7-11,17,21H,2-3,6,12-13H2,1H3,(H,23,24). The molecule has 2 rings (SSSR count). The Morgan fingerprint density at radius 2 is 1.79 bits per heavy atom. The Labute approximate surface area is 141 Å². The molecule has 0 fully saturated rings. The number of aliphatic hydroxyl groups is 1. The first kappa shape index (κ1) is 17.9. The number of carboxylic acid groups (broad SMARTS) is 1. The fraction of sp³-hybridized carbons (Fsp3) is 0.368. The lowest BCUT2D eigenvalue weighted by molar-refractivity contribution is -0.143. The van der Waals surface area contributed by atoms with Crippen LogP contribution in [0.4, 0.5) is 0 Å². The molecule has 2 aromatic carbocycles. The van der Waals surface area contributed by atoms with E-state index in [9.17, 15) is 19.8 Å². The summed E-state index contributed by atoms with van der Waals surface area (Å²) in [5.74, 6) is -1.55. The van der Waals surface area contributed by atoms with Crippen LogP contribution in [0, 0.1) is 0 Å². The van der Waals surface area contributed by atoms with Gasteiger partial charge < -0.3 is 15.1 Å². The summed E-state index contributed by atoms with van der Waals surface area (Å²) < 4.78 is 0. The molecule has 0 saturated heterocycles. The maximum absolute atomic E-state index is 13.0. The highest BCUT2D eigenvalue weighted by molar-refractivity contribution is 6.07. The number of rotatable bonds is 8. The van der Waals surface area contributed by atoms with Crippen LogP contribution in [0.3, 0.4) is 0 Å². The van der Waals surface area contributed by atoms with E-state index in [0.29, 0.717) is 18.5 Å². The van der Waals surface area contributed by atoms with Crippen LogP contribution in [-0.4, -0.2) is 46.2 Å². The number of aliphatic hydroxyl groups excluding tert-OH is 1. The van der Waals surface area contributed by atoms with Gasteiger partial charge in [0.1, 0.15) is 0 Å². The second kappa shape index (κ2) is 8.45. The average Bonchev–Trinajstić information content (AvgIpc) is 2.60. The Morgan fingerprint density at radius 3 is 2.46 bits per heavy atom. The zero-order valence-electron chi connectivity index (χ0n) is 13.8. The van der Waals surface area contributed by atoms with Crippen molar-refractivity contribution in [2.75, 3.05) is 13.2 Å². The average molecular weight is 329 g/mol. The van der Waals surface area contributed by atoms with E-state index < -0.39 is 18.6 Å². The molecular weight excluding hydrogens is 306 g/mol. The maximum atomic E-state index is 13.0. The largest absolute Gasteiger partial charge is 0.480 e. The van der Waals surface area contributed by atoms with Gasteiger partial charge in [-0.1, -0.05) is 56.2 Å². The van der Waals surface area contributed by atoms with E-state index in [1.165, 1.54) is 4.90 Å². The molecule has 1 atom stereocenters. The number of carbonyl (C=O) groups excluding carboxylic acids is 1. The minimum absolute atomic E-state index is 0.313. The molecule has 0 aromatic heterocycles. The van der Waals surface area contributed by atoms with E-state index >= 15 is 0 Å². The van der Waals surface area contributed by atoms with E-state index in [4.69, 9.17) is 0 Å². The Bertz CT molecular complexity index is 708. The van der Waals surface area contributed by atoms with Crippen molar-refractivity contribution in [3.05, 3.63) is 48.0 Å². The van der Waals surface area contributed by atoms with Crippen LogP contribution < -0.4 is 0 Å². The van der Waals surface area contributed by atoms with Crippen LogP contribution in [0.25, 0.3) is 10.8 Å². The van der Waals surface area contributed by atoms with Gasteiger partial charge >= 0.3 is 5.97 Å². The van der Waals surface area contributed by atoms with Crippen LogP contribution in [0.1, 0.15) is 36.5 Å². The lowest BCUT2D eigenvalue weighted by Gasteiger charge is -2.28. The van der Waals surface area contributed by atoms with E-state index in [-0.39, 0.29) is 5.91 Å². The van der Waals surface area contributed by atoms with E-state index in [2.05, 4.69) is 0 Å². The molecule has 0 aliphatic heterocycles. The van der Waals surface area contributed by atoms with Gasteiger partial charge in [0.15, 0.2) is 6.04 Å². The molecule has 2 N–H and O–H groups in total. The second-order valence-electron chi connectivity index (χ2n) is 5.77. The topological polar surface area (TPSA) is 77.8 Å². The third-order valence-corrected chi connectivity index (χ3v) is 4.12. The van der Waals surface area contributed by atoms with Crippen LogP contribution in [-0.2, 0) is 4.79 Å². The number of unbranched alkanes of at least 4 members (excludes halogenated alkanes) is 2. The first-order valence-corrected chi connectivity index (χ1v) is 8.22. The van der Waals surface area contributed by atoms with E-state index in [1.54, 1.807) is 12.1 Å². The normalized spacial score (nSPS) is 12.1. The van der Waals surface area contributed by atoms with Gasteiger partial charge in [0.05, 0.1) is 6.61 Å². The Kier molecular flexibility index (Phi) is 6.32. The fourth-order valence-electron chi connectivity index (χ4n) is 2.81. The van der Waals surface area contributed by atoms with Gasteiger partial charge in [0.25, 0.3) is 5.91 Å². The molecule has 1 unspecified atom stereocenters. The van der Waals surface area contributed by atoms with Crippen LogP contribution in [0.2, 0.25) is 0 Å². The van der Waals surface area contributed by atoms with Crippen molar-refractivity contribution in [3.8, 4) is 0 Å². The van der Waals surface area contributed by atoms with Gasteiger partial charge in [0.2, 0.25) is 0 Å². The zero-order valence-corrected chi connectivity index (χ0v) is 13.8. The molecule has 128 valence electrons. The van der Waals surface area contributed by atoms with Crippen molar-refractivity contribution in [1.82, 2.24) is 4.90 Å². The molecule has 1 amide bonds. The predicted molar refractivity (Wildman–Crippen MR) is 93.0 cm³/mol. The number of nitrogens with zero attached hydrogens (tertiary/aromatic N) is 1. The van der Waals surface area contributed by atoms with Gasteiger partial charge in [-0.15, -0.1) is 0 Å². The number of fused-ring (bicyclic) bond motifs is 1. The predicted octanol–water partition coefficient (Wildman–Crippen LogP) is 2.92. The minimum atomic E-state index is -1.23. The summed E-state index contributed by atoms with van der Waals surface area (Å²) in [6.45, 7) is 1.75. The molecule has 0 aliphatic carbocycles. The molecule has 0 spiro atoms. The molecule has 2 aromatic rings. The first-order valence-electron chi connectivity index (χ1n) is 8.22. The van der Waals surface area contributed by atoms with Crippen molar-refractivity contribution in [1.29, 1.82) is 0 Å². The summed E-state index contributed by atoms with van der Waals surface area (Å²) in [5.41, 5.74) is 0.462. The van der Waals surface area contributed by atoms with Crippen LogP contribution >= 0.6 is 0 Å². The van der Waals surface area contributed by atoms with Crippen molar-refractivity contribution in [3.63, 3.8) is 0 Å². The van der Waals surface area contributed by atoms with Gasteiger partial charge in [-0.05, 0) is 23.3 Å². The van der Waals surface area contributed by atoms with E-state index in [1.807, 2.05) is 37.3 Å². The molecule has 24 heavy (non-hydrogen) atoms. The first-order chi connectivity index (χ1) is 11.6. The highest BCUT2D eigenvalue weighted by Gasteiger charge is 2.30. The number of hydrogen-bond acceptors (Lipinski definition) is 3. The number of carboxylic acids is 1. The van der Waals surface area contributed by atoms with Gasteiger partial charge in [-0.3, -0.25) is 4.79 Å². The SMILES string of the molecule is CCCCCN(C(=O)c1cccc2ccccc12)C(CO)C(=O)O. The number of carbonyl (C=O) groups is 2. The van der Waals surface area contributed by atoms with Crippen molar-refractivity contribution < 1.29 is 19.8 Å². The lowest BCUT2D eigenvalue weighted by atomic mass is 10.0. The van der Waals surface area contributed by atoms with Crippen LogP contribution in [0.5, 0.6) is 0 Å². The lowest BCUT2D eigenvalue weighted by Crippen LogP contribution is -2.47. The maximum Gasteiger partial charge on any atom is 0.328 e. The number of hydrogen-bond donors (Lipinski definition) is 2. The number of amides is 1. The summed E-state index contributed by atoms with van der Waals surface area (Å²) in [6.07, 6.45) is 2.57. The van der Waals surface area contributed by atoms with Gasteiger partial charge in [-0.2, -0.15) is 0 Å². The Balaban J connectivity index is 2.39. The Hall–Kier alpha value is -2.40. The quantitative estimate of drug-likeness (QED) is 0.730. The summed E-state index contributed by atoms with van der Waals surface area (Å²) in [6, 6.07) is 11.7. The number of aliphatic carboxylic acids is 1. The van der Waals surface area contributed by atoms with Gasteiger partial charge in [0, 0.05) is 12.1 Å². The summed E-state index contributed by atoms with van der Waals surface area (Å²) in [7, 11) is 0. The smallest absolute Gasteiger partial charge is 0.328 e. The third kappa shape index (κ3) is 3.92. The third-order valence-electron chi connectivity index (χ3n) is 4.12. The zero-order chi connectivity index (χ0) is 17.5. The summed E-state index contributed by atoms with van der Waals surface area (Å²) in [4.78, 5) is 25.7. The molecule has 0 saturated carbocycles. The monoisotopic (exact) mass is 329 g/mol. The molecule has 0 bridgehead atoms. The fourth-order valence-corrected chi connectivity index (χ4v) is 2.81. The van der Waals surface area contributed by atoms with Crippen molar-refractivity contribution in [2.45, 2.75) is 32.2 Å². The molecule has 5 heteroatoms. The molecular formula is C19H23NO4. The Morgan fingerprint density at radius 1 is 1.08 bits per heavy atom. The summed E-state index contributed by atoms with van der Waals surface area (Å²) >= 11 is 0. The molecule has 0 heterocycles. The van der Waals surface area contributed by atoms with E-state index in [0.717, 1.165) is 23.6 Å². The summed E-state index contributed by atoms with van der Waals surface area (Å²) in [5, 5.41) is 20.5. The highest BCUT2D eigenvalue weighted by atomic mass is 16.4. The highest BCUT2D eigenvalue weighted by Crippen LogP contribution is 2.21. The molecule has 5 nitrogen and oxygen atoms in total. The van der Waals surface area contributed by atoms with Crippen molar-refractivity contribution >= 4 is 22.6 Å². The minimum Gasteiger partial charge on any atom is -0.480 e. The van der Waals surface area contributed by atoms with Crippen LogP contribution in [0.15, 0.2) is 42.5 Å².